The summed E-state index contributed by atoms with van der Waals surface area (Å²) >= 11 is 0. The average molecular weight is 120 g/mol. The van der Waals surface area contributed by atoms with Crippen LogP contribution < -0.4 is 5.32 Å². The minimum Gasteiger partial charge on any atom is -0.470 e. The Morgan fingerprint density at radius 1 is 1.14 bits per heavy atom. The number of halogens is 1. The van der Waals surface area contributed by atoms with Crippen molar-refractivity contribution in [3.05, 3.63) is 24.9 Å². The fourth-order valence-electron chi connectivity index (χ4n) is 0.258. The van der Waals surface area contributed by atoms with Gasteiger partial charge in [-0.05, 0) is 0 Å². The summed E-state index contributed by atoms with van der Waals surface area (Å²) in [7, 11) is 0. The average Bonchev–Trinajstić information content (AvgIpc) is 1.72. The van der Waals surface area contributed by atoms with Gasteiger partial charge in [-0.25, -0.2) is 0 Å². The molecule has 0 atom stereocenters. The first kappa shape index (κ1) is 6.37. The van der Waals surface area contributed by atoms with Crippen LogP contribution >= 0.6 is 12.4 Å². The molecule has 7 heavy (non-hydrogen) atoms. The van der Waals surface area contributed by atoms with Crippen LogP contribution in [-0.4, -0.2) is 0 Å². The first-order chi connectivity index (χ1) is 3.00. The molecule has 3 heteroatoms. The van der Waals surface area contributed by atoms with Crippen LogP contribution in [0.15, 0.2) is 24.9 Å². The Balaban J connectivity index is 0.000000360. The van der Waals surface area contributed by atoms with Gasteiger partial charge >= 0.3 is 0 Å². The molecule has 1 heterocycles. The lowest BCUT2D eigenvalue weighted by Gasteiger charge is -1.94. The van der Waals surface area contributed by atoms with E-state index in [4.69, 9.17) is 0 Å². The van der Waals surface area contributed by atoms with E-state index in [0.29, 0.717) is 0 Å². The number of nitrogens with one attached hydrogen (secondary N) is 1. The molecule has 0 saturated carbocycles. The van der Waals surface area contributed by atoms with E-state index in [1.165, 1.54) is 0 Å². The molecule has 0 radical (unpaired) electrons. The lowest BCUT2D eigenvalue weighted by atomic mass is 10.8. The van der Waals surface area contributed by atoms with Crippen molar-refractivity contribution >= 4 is 12.4 Å². The molecule has 1 aliphatic rings. The first-order valence-electron chi connectivity index (χ1n) is 1.72. The molecule has 1 rings (SSSR count). The summed E-state index contributed by atoms with van der Waals surface area (Å²) in [5, 5.41) is 2.80. The molecule has 0 aromatic rings. The third-order valence-electron chi connectivity index (χ3n) is 0.486. The normalized spacial score (nSPS) is 13.7. The predicted molar refractivity (Wildman–Crippen MR) is 29.7 cm³/mol. The molecule has 0 aliphatic carbocycles. The summed E-state index contributed by atoms with van der Waals surface area (Å²) in [5.41, 5.74) is 0. The fourth-order valence-corrected chi connectivity index (χ4v) is 0.258. The third kappa shape index (κ3) is 2.11. The van der Waals surface area contributed by atoms with Gasteiger partial charge in [0.1, 0.15) is 12.5 Å². The van der Waals surface area contributed by atoms with Crippen molar-refractivity contribution in [2.24, 2.45) is 0 Å². The van der Waals surface area contributed by atoms with Crippen molar-refractivity contribution in [3.8, 4) is 0 Å². The predicted octanol–water partition coefficient (Wildman–Crippen LogP) is 0.970. The largest absolute Gasteiger partial charge is 0.470 e. The van der Waals surface area contributed by atoms with Gasteiger partial charge in [0, 0.05) is 12.4 Å². The van der Waals surface area contributed by atoms with Crippen LogP contribution in [0, 0.1) is 0 Å². The molecule has 0 fully saturated rings. The second-order valence-electron chi connectivity index (χ2n) is 0.908. The van der Waals surface area contributed by atoms with Crippen molar-refractivity contribution in [2.45, 2.75) is 0 Å². The van der Waals surface area contributed by atoms with Crippen LogP contribution in [0.25, 0.3) is 0 Å². The van der Waals surface area contributed by atoms with Crippen molar-refractivity contribution in [3.63, 3.8) is 0 Å². The summed E-state index contributed by atoms with van der Waals surface area (Å²) < 4.78 is 4.65. The molecule has 0 amide bonds. The lowest BCUT2D eigenvalue weighted by Crippen LogP contribution is -1.94. The van der Waals surface area contributed by atoms with Gasteiger partial charge in [0.05, 0.1) is 0 Å². The minimum atomic E-state index is 0. The Bertz CT molecular complexity index is 69.7. The second-order valence-corrected chi connectivity index (χ2v) is 0.908. The zero-order chi connectivity index (χ0) is 4.24. The van der Waals surface area contributed by atoms with E-state index < -0.39 is 0 Å². The van der Waals surface area contributed by atoms with Crippen LogP contribution in [0.3, 0.4) is 0 Å². The second kappa shape index (κ2) is 3.56. The monoisotopic (exact) mass is 119 g/mol. The molecule has 40 valence electrons. The molecule has 1 aliphatic heterocycles. The van der Waals surface area contributed by atoms with E-state index >= 15 is 0 Å². The highest BCUT2D eigenvalue weighted by atomic mass is 35.5. The highest BCUT2D eigenvalue weighted by Gasteiger charge is 1.72. The number of ether oxygens (including phenoxy) is 1. The lowest BCUT2D eigenvalue weighted by molar-refractivity contribution is 0.390. The summed E-state index contributed by atoms with van der Waals surface area (Å²) in [5.74, 6) is 0. The molecule has 0 saturated heterocycles. The van der Waals surface area contributed by atoms with E-state index in [-0.39, 0.29) is 12.4 Å². The summed E-state index contributed by atoms with van der Waals surface area (Å²) in [6, 6.07) is 0. The Morgan fingerprint density at radius 3 is 1.86 bits per heavy atom. The SMILES string of the molecule is C1=COC=CN1.Cl. The van der Waals surface area contributed by atoms with Crippen molar-refractivity contribution < 1.29 is 4.74 Å². The van der Waals surface area contributed by atoms with Crippen LogP contribution in [0.2, 0.25) is 0 Å². The van der Waals surface area contributed by atoms with Gasteiger partial charge in [-0.2, -0.15) is 0 Å². The highest BCUT2D eigenvalue weighted by molar-refractivity contribution is 5.85. The minimum absolute atomic E-state index is 0. The molecule has 2 nitrogen and oxygen atoms in total. The molecule has 0 aromatic heterocycles. The zero-order valence-electron chi connectivity index (χ0n) is 3.63. The zero-order valence-corrected chi connectivity index (χ0v) is 4.44. The van der Waals surface area contributed by atoms with Crippen molar-refractivity contribution in [1.29, 1.82) is 0 Å². The fraction of sp³-hybridized carbons (Fsp3) is 0. The molecular weight excluding hydrogens is 114 g/mol. The van der Waals surface area contributed by atoms with Gasteiger partial charge in [-0.3, -0.25) is 0 Å². The molecule has 0 spiro atoms. The highest BCUT2D eigenvalue weighted by Crippen LogP contribution is 1.81. The Kier molecular flexibility index (Phi) is 3.24. The smallest absolute Gasteiger partial charge is 0.106 e. The van der Waals surface area contributed by atoms with Gasteiger partial charge < -0.3 is 10.1 Å². The van der Waals surface area contributed by atoms with E-state index in [0.717, 1.165) is 0 Å². The van der Waals surface area contributed by atoms with Crippen LogP contribution in [-0.2, 0) is 4.74 Å². The van der Waals surface area contributed by atoms with Gasteiger partial charge in [0.25, 0.3) is 0 Å². The van der Waals surface area contributed by atoms with Crippen molar-refractivity contribution in [1.82, 2.24) is 5.32 Å². The summed E-state index contributed by atoms with van der Waals surface area (Å²) in [6.07, 6.45) is 6.56. The van der Waals surface area contributed by atoms with E-state index in [2.05, 4.69) is 10.1 Å². The topological polar surface area (TPSA) is 21.3 Å². The van der Waals surface area contributed by atoms with E-state index in [9.17, 15) is 0 Å². The Hall–Kier alpha value is -0.630. The maximum absolute atomic E-state index is 4.65. The maximum Gasteiger partial charge on any atom is 0.106 e. The van der Waals surface area contributed by atoms with Gasteiger partial charge in [0.15, 0.2) is 0 Å². The van der Waals surface area contributed by atoms with Gasteiger partial charge in [0.2, 0.25) is 0 Å². The molecule has 0 bridgehead atoms. The summed E-state index contributed by atoms with van der Waals surface area (Å²) in [6.45, 7) is 0. The van der Waals surface area contributed by atoms with Gasteiger partial charge in [-0.15, -0.1) is 12.4 Å². The third-order valence-corrected chi connectivity index (χ3v) is 0.486. The first-order valence-corrected chi connectivity index (χ1v) is 1.72. The Labute approximate surface area is 48.3 Å². The van der Waals surface area contributed by atoms with Gasteiger partial charge in [-0.1, -0.05) is 0 Å². The molecular formula is C4H6ClNO. The Morgan fingerprint density at radius 2 is 1.71 bits per heavy atom. The van der Waals surface area contributed by atoms with E-state index in [1.807, 2.05) is 0 Å². The molecule has 1 N–H and O–H groups in total. The number of hydrogen-bond acceptors (Lipinski definition) is 2. The van der Waals surface area contributed by atoms with Crippen molar-refractivity contribution in [2.75, 3.05) is 0 Å². The molecule has 0 unspecified atom stereocenters. The number of hydrogen-bond donors (Lipinski definition) is 1. The number of rotatable bonds is 0. The van der Waals surface area contributed by atoms with E-state index in [1.54, 1.807) is 24.9 Å². The van der Waals surface area contributed by atoms with Crippen LogP contribution in [0.4, 0.5) is 0 Å². The molecule has 0 aromatic carbocycles. The quantitative estimate of drug-likeness (QED) is 0.513. The standard InChI is InChI=1S/C4H5NO.ClH/c1-3-6-4-2-5-1;/h1-5H;1H. The van der Waals surface area contributed by atoms with Crippen LogP contribution in [0.1, 0.15) is 0 Å². The van der Waals surface area contributed by atoms with Crippen LogP contribution in [0.5, 0.6) is 0 Å². The summed E-state index contributed by atoms with van der Waals surface area (Å²) in [4.78, 5) is 0. The maximum atomic E-state index is 4.65.